The van der Waals surface area contributed by atoms with Gasteiger partial charge in [0.15, 0.2) is 5.15 Å². The first-order chi connectivity index (χ1) is 7.54. The zero-order valence-electron chi connectivity index (χ0n) is 9.67. The molecule has 0 spiro atoms. The van der Waals surface area contributed by atoms with Gasteiger partial charge in [-0.15, -0.1) is 0 Å². The summed E-state index contributed by atoms with van der Waals surface area (Å²) < 4.78 is 0. The lowest BCUT2D eigenvalue weighted by molar-refractivity contribution is -0.112. The van der Waals surface area contributed by atoms with Crippen LogP contribution in [0.3, 0.4) is 0 Å². The van der Waals surface area contributed by atoms with E-state index in [0.29, 0.717) is 16.4 Å². The van der Waals surface area contributed by atoms with Gasteiger partial charge >= 0.3 is 0 Å². The fourth-order valence-corrected chi connectivity index (χ4v) is 1.41. The second-order valence-electron chi connectivity index (χ2n) is 3.60. The third-order valence-electron chi connectivity index (χ3n) is 2.09. The Hall–Kier alpha value is -1.35. The van der Waals surface area contributed by atoms with Crippen molar-refractivity contribution >= 4 is 23.2 Å². The van der Waals surface area contributed by atoms with Gasteiger partial charge in [0.05, 0.1) is 5.69 Å². The van der Waals surface area contributed by atoms with Gasteiger partial charge in [-0.05, 0) is 31.9 Å². The molecule has 1 N–H and O–H groups in total. The number of amides is 1. The molecule has 1 aromatic rings. The first kappa shape index (κ1) is 12.7. The average molecular weight is 239 g/mol. The molecule has 0 saturated carbocycles. The molecule has 0 aliphatic carbocycles. The summed E-state index contributed by atoms with van der Waals surface area (Å²) in [5.74, 6) is -0.142. The molecular weight excluding hydrogens is 224 g/mol. The highest BCUT2D eigenvalue weighted by atomic mass is 35.5. The van der Waals surface area contributed by atoms with Crippen LogP contribution in [0, 0.1) is 6.92 Å². The Morgan fingerprint density at radius 2 is 2.31 bits per heavy atom. The summed E-state index contributed by atoms with van der Waals surface area (Å²) in [6.45, 7) is 5.65. The van der Waals surface area contributed by atoms with Crippen molar-refractivity contribution in [2.75, 3.05) is 5.32 Å². The Morgan fingerprint density at radius 1 is 1.62 bits per heavy atom. The standard InChI is InChI=1S/C12H15ClN2O/c1-4-5-9(3)12(16)15-10-6-8(2)7-14-11(10)13/h5-7H,4H2,1-3H3,(H,15,16)/b9-5-. The van der Waals surface area contributed by atoms with Crippen molar-refractivity contribution in [2.45, 2.75) is 27.2 Å². The van der Waals surface area contributed by atoms with Crippen molar-refractivity contribution in [2.24, 2.45) is 0 Å². The Kier molecular flexibility index (Phi) is 4.50. The van der Waals surface area contributed by atoms with E-state index in [2.05, 4.69) is 10.3 Å². The number of pyridine rings is 1. The predicted octanol–water partition coefficient (Wildman–Crippen LogP) is 3.34. The van der Waals surface area contributed by atoms with Gasteiger partial charge in [-0.25, -0.2) is 4.98 Å². The second-order valence-corrected chi connectivity index (χ2v) is 3.96. The van der Waals surface area contributed by atoms with Crippen molar-refractivity contribution in [1.82, 2.24) is 4.98 Å². The van der Waals surface area contributed by atoms with Crippen LogP contribution in [-0.2, 0) is 4.79 Å². The molecule has 0 unspecified atom stereocenters. The number of nitrogens with zero attached hydrogens (tertiary/aromatic N) is 1. The molecular formula is C12H15ClN2O. The van der Waals surface area contributed by atoms with E-state index < -0.39 is 0 Å². The van der Waals surface area contributed by atoms with Gasteiger partial charge in [0.1, 0.15) is 0 Å². The van der Waals surface area contributed by atoms with E-state index in [1.807, 2.05) is 19.9 Å². The van der Waals surface area contributed by atoms with E-state index >= 15 is 0 Å². The molecule has 4 heteroatoms. The monoisotopic (exact) mass is 238 g/mol. The van der Waals surface area contributed by atoms with E-state index in [4.69, 9.17) is 11.6 Å². The second kappa shape index (κ2) is 5.66. The Balaban J connectivity index is 2.84. The number of aromatic nitrogens is 1. The minimum Gasteiger partial charge on any atom is -0.320 e. The summed E-state index contributed by atoms with van der Waals surface area (Å²) in [6, 6.07) is 1.80. The predicted molar refractivity (Wildman–Crippen MR) is 66.7 cm³/mol. The molecule has 3 nitrogen and oxygen atoms in total. The van der Waals surface area contributed by atoms with Crippen LogP contribution < -0.4 is 5.32 Å². The summed E-state index contributed by atoms with van der Waals surface area (Å²) >= 11 is 5.88. The lowest BCUT2D eigenvalue weighted by Gasteiger charge is -2.07. The molecule has 1 aromatic heterocycles. The molecule has 1 heterocycles. The van der Waals surface area contributed by atoms with Gasteiger partial charge in [-0.1, -0.05) is 24.6 Å². The van der Waals surface area contributed by atoms with E-state index in [0.717, 1.165) is 12.0 Å². The number of anilines is 1. The van der Waals surface area contributed by atoms with Crippen LogP contribution in [0.25, 0.3) is 0 Å². The summed E-state index contributed by atoms with van der Waals surface area (Å²) in [5.41, 5.74) is 2.19. The van der Waals surface area contributed by atoms with Gasteiger partial charge in [-0.3, -0.25) is 4.79 Å². The molecule has 0 aliphatic rings. The first-order valence-corrected chi connectivity index (χ1v) is 5.52. The third-order valence-corrected chi connectivity index (χ3v) is 2.39. The number of carbonyl (C=O) groups excluding carboxylic acids is 1. The molecule has 0 bridgehead atoms. The summed E-state index contributed by atoms with van der Waals surface area (Å²) in [5, 5.41) is 3.04. The molecule has 16 heavy (non-hydrogen) atoms. The molecule has 86 valence electrons. The van der Waals surface area contributed by atoms with E-state index in [-0.39, 0.29) is 5.91 Å². The fraction of sp³-hybridized carbons (Fsp3) is 0.333. The highest BCUT2D eigenvalue weighted by Crippen LogP contribution is 2.20. The fourth-order valence-electron chi connectivity index (χ4n) is 1.26. The third kappa shape index (κ3) is 3.35. The number of allylic oxidation sites excluding steroid dienone is 1. The maximum atomic E-state index is 11.7. The topological polar surface area (TPSA) is 42.0 Å². The Morgan fingerprint density at radius 3 is 2.94 bits per heavy atom. The van der Waals surface area contributed by atoms with Crippen molar-refractivity contribution in [3.8, 4) is 0 Å². The molecule has 0 radical (unpaired) electrons. The largest absolute Gasteiger partial charge is 0.320 e. The number of rotatable bonds is 3. The van der Waals surface area contributed by atoms with E-state index in [9.17, 15) is 4.79 Å². The normalized spacial score (nSPS) is 11.4. The number of halogens is 1. The average Bonchev–Trinajstić information content (AvgIpc) is 2.23. The van der Waals surface area contributed by atoms with Crippen LogP contribution >= 0.6 is 11.6 Å². The van der Waals surface area contributed by atoms with Crippen molar-refractivity contribution in [1.29, 1.82) is 0 Å². The highest BCUT2D eigenvalue weighted by Gasteiger charge is 2.08. The quantitative estimate of drug-likeness (QED) is 0.648. The first-order valence-electron chi connectivity index (χ1n) is 5.14. The Bertz CT molecular complexity index is 427. The van der Waals surface area contributed by atoms with Crippen LogP contribution in [-0.4, -0.2) is 10.9 Å². The smallest absolute Gasteiger partial charge is 0.251 e. The zero-order chi connectivity index (χ0) is 12.1. The Labute approximate surface area is 101 Å². The summed E-state index contributed by atoms with van der Waals surface area (Å²) in [6.07, 6.45) is 4.36. The maximum Gasteiger partial charge on any atom is 0.251 e. The minimum absolute atomic E-state index is 0.142. The lowest BCUT2D eigenvalue weighted by Crippen LogP contribution is -2.13. The minimum atomic E-state index is -0.142. The van der Waals surface area contributed by atoms with E-state index in [1.165, 1.54) is 0 Å². The number of hydrogen-bond acceptors (Lipinski definition) is 2. The summed E-state index contributed by atoms with van der Waals surface area (Å²) in [7, 11) is 0. The van der Waals surface area contributed by atoms with Crippen LogP contribution in [0.2, 0.25) is 5.15 Å². The molecule has 0 aliphatic heterocycles. The van der Waals surface area contributed by atoms with Crippen LogP contribution in [0.5, 0.6) is 0 Å². The van der Waals surface area contributed by atoms with Gasteiger partial charge in [0, 0.05) is 11.8 Å². The van der Waals surface area contributed by atoms with Crippen molar-refractivity contribution in [3.05, 3.63) is 34.6 Å². The lowest BCUT2D eigenvalue weighted by atomic mass is 10.2. The summed E-state index contributed by atoms with van der Waals surface area (Å²) in [4.78, 5) is 15.7. The SMILES string of the molecule is CC/C=C(/C)C(=O)Nc1cc(C)cnc1Cl. The van der Waals surface area contributed by atoms with Crippen LogP contribution in [0.4, 0.5) is 5.69 Å². The van der Waals surface area contributed by atoms with Gasteiger partial charge in [-0.2, -0.15) is 0 Å². The highest BCUT2D eigenvalue weighted by molar-refractivity contribution is 6.32. The number of hydrogen-bond donors (Lipinski definition) is 1. The van der Waals surface area contributed by atoms with Gasteiger partial charge < -0.3 is 5.32 Å². The van der Waals surface area contributed by atoms with Crippen LogP contribution in [0.15, 0.2) is 23.9 Å². The van der Waals surface area contributed by atoms with E-state index in [1.54, 1.807) is 19.2 Å². The van der Waals surface area contributed by atoms with Crippen molar-refractivity contribution in [3.63, 3.8) is 0 Å². The molecule has 0 saturated heterocycles. The number of aryl methyl sites for hydroxylation is 1. The molecule has 0 fully saturated rings. The number of nitrogens with one attached hydrogen (secondary N) is 1. The zero-order valence-corrected chi connectivity index (χ0v) is 10.4. The van der Waals surface area contributed by atoms with Crippen LogP contribution in [0.1, 0.15) is 25.8 Å². The van der Waals surface area contributed by atoms with Gasteiger partial charge in [0.2, 0.25) is 0 Å². The molecule has 0 atom stereocenters. The number of carbonyl (C=O) groups is 1. The molecule has 0 aromatic carbocycles. The van der Waals surface area contributed by atoms with Gasteiger partial charge in [0.25, 0.3) is 5.91 Å². The maximum absolute atomic E-state index is 11.7. The van der Waals surface area contributed by atoms with Crippen molar-refractivity contribution < 1.29 is 4.79 Å². The molecule has 1 rings (SSSR count). The molecule has 1 amide bonds.